The molecule has 0 unspecified atom stereocenters. The third-order valence-electron chi connectivity index (χ3n) is 12.0. The molecule has 0 spiro atoms. The fraction of sp³-hybridized carbons (Fsp3) is 0. The summed E-state index contributed by atoms with van der Waals surface area (Å²) in [5, 5.41) is 8.76. The Kier molecular flexibility index (Phi) is 7.21. The first kappa shape index (κ1) is 33.6. The SMILES string of the molecule is c1ccc(-c2ccc(-c3nc(-c4ccc5oc6ccccc6c5c4)nc(-c4cc5c(cc4-n4c6ccccc6c6cc7ccccc7cc64)oc4ccccc45)n3)cc2)cc1. The van der Waals surface area contributed by atoms with Gasteiger partial charge in [-0.3, -0.25) is 0 Å². The van der Waals surface area contributed by atoms with Crippen LogP contribution in [0.4, 0.5) is 0 Å². The molecule has 0 saturated carbocycles. The van der Waals surface area contributed by atoms with E-state index in [-0.39, 0.29) is 0 Å². The third kappa shape index (κ3) is 5.32. The summed E-state index contributed by atoms with van der Waals surface area (Å²) in [7, 11) is 0. The van der Waals surface area contributed by atoms with E-state index in [1.165, 1.54) is 10.8 Å². The number of nitrogens with zero attached hydrogens (tertiary/aromatic N) is 4. The van der Waals surface area contributed by atoms with Crippen molar-refractivity contribution in [1.82, 2.24) is 19.5 Å². The van der Waals surface area contributed by atoms with Gasteiger partial charge in [0.1, 0.15) is 22.3 Å². The molecule has 0 radical (unpaired) electrons. The molecule has 0 aliphatic heterocycles. The molecule has 4 heterocycles. The number of benzene rings is 9. The summed E-state index contributed by atoms with van der Waals surface area (Å²) in [5.41, 5.74) is 11.2. The fourth-order valence-electron chi connectivity index (χ4n) is 9.10. The summed E-state index contributed by atoms with van der Waals surface area (Å²) in [6.45, 7) is 0. The van der Waals surface area contributed by atoms with Crippen LogP contribution in [0, 0.1) is 0 Å². The van der Waals surface area contributed by atoms with Gasteiger partial charge in [0.2, 0.25) is 0 Å². The molecule has 0 saturated heterocycles. The molecule has 0 fully saturated rings. The van der Waals surface area contributed by atoms with Gasteiger partial charge in [-0.25, -0.2) is 15.0 Å². The molecule has 0 amide bonds. The lowest BCUT2D eigenvalue weighted by atomic mass is 10.0. The highest BCUT2D eigenvalue weighted by Gasteiger charge is 2.23. The number of hydrogen-bond donors (Lipinski definition) is 0. The van der Waals surface area contributed by atoms with Crippen LogP contribution < -0.4 is 0 Å². The number of fused-ring (bicyclic) bond motifs is 10. The maximum atomic E-state index is 6.60. The molecule has 6 heteroatoms. The molecule has 284 valence electrons. The first-order valence-electron chi connectivity index (χ1n) is 20.4. The van der Waals surface area contributed by atoms with Gasteiger partial charge in [-0.2, -0.15) is 0 Å². The maximum Gasteiger partial charge on any atom is 0.166 e. The molecule has 0 atom stereocenters. The number of aromatic nitrogens is 4. The molecule has 13 rings (SSSR count). The van der Waals surface area contributed by atoms with E-state index in [1.54, 1.807) is 0 Å². The highest BCUT2D eigenvalue weighted by Crippen LogP contribution is 2.42. The molecule has 0 N–H and O–H groups in total. The molecule has 0 aliphatic rings. The zero-order chi connectivity index (χ0) is 40.0. The second-order valence-corrected chi connectivity index (χ2v) is 15.6. The molecular weight excluding hydrogens is 749 g/mol. The van der Waals surface area contributed by atoms with Crippen molar-refractivity contribution < 1.29 is 8.83 Å². The lowest BCUT2D eigenvalue weighted by molar-refractivity contribution is 0.668. The Hall–Kier alpha value is -8.35. The lowest BCUT2D eigenvalue weighted by Crippen LogP contribution is -2.04. The topological polar surface area (TPSA) is 69.9 Å². The van der Waals surface area contributed by atoms with Crippen LogP contribution in [-0.4, -0.2) is 19.5 Å². The van der Waals surface area contributed by atoms with Gasteiger partial charge >= 0.3 is 0 Å². The van der Waals surface area contributed by atoms with Gasteiger partial charge in [-0.05, 0) is 76.5 Å². The highest BCUT2D eigenvalue weighted by molar-refractivity contribution is 6.15. The van der Waals surface area contributed by atoms with Gasteiger partial charge in [0.05, 0.1) is 16.7 Å². The Labute approximate surface area is 348 Å². The molecule has 0 aliphatic carbocycles. The Bertz CT molecular complexity index is 3880. The number of furan rings is 2. The normalized spacial score (nSPS) is 11.9. The molecule has 61 heavy (non-hydrogen) atoms. The van der Waals surface area contributed by atoms with E-state index >= 15 is 0 Å². The average Bonchev–Trinajstić information content (AvgIpc) is 3.99. The van der Waals surface area contributed by atoms with Crippen LogP contribution >= 0.6 is 0 Å². The molecule has 0 bridgehead atoms. The molecule has 9 aromatic carbocycles. The monoisotopic (exact) mass is 780 g/mol. The van der Waals surface area contributed by atoms with Gasteiger partial charge in [-0.15, -0.1) is 0 Å². The Morgan fingerprint density at radius 1 is 0.311 bits per heavy atom. The van der Waals surface area contributed by atoms with Crippen molar-refractivity contribution in [3.63, 3.8) is 0 Å². The van der Waals surface area contributed by atoms with E-state index in [0.717, 1.165) is 99.2 Å². The molecular formula is C55H32N4O2. The van der Waals surface area contributed by atoms with Gasteiger partial charge in [0.15, 0.2) is 17.5 Å². The van der Waals surface area contributed by atoms with E-state index in [9.17, 15) is 0 Å². The average molecular weight is 781 g/mol. The van der Waals surface area contributed by atoms with Crippen molar-refractivity contribution >= 4 is 76.5 Å². The fourth-order valence-corrected chi connectivity index (χ4v) is 9.10. The summed E-state index contributed by atoms with van der Waals surface area (Å²) in [6, 6.07) is 67.5. The van der Waals surface area contributed by atoms with Crippen LogP contribution in [0.3, 0.4) is 0 Å². The van der Waals surface area contributed by atoms with E-state index in [1.807, 2.05) is 48.5 Å². The van der Waals surface area contributed by atoms with E-state index in [4.69, 9.17) is 23.8 Å². The molecule has 6 nitrogen and oxygen atoms in total. The molecule has 13 aromatic rings. The number of rotatable bonds is 5. The second-order valence-electron chi connectivity index (χ2n) is 15.6. The summed E-state index contributed by atoms with van der Waals surface area (Å²) in [6.07, 6.45) is 0. The summed E-state index contributed by atoms with van der Waals surface area (Å²) in [4.78, 5) is 16.0. The number of para-hydroxylation sites is 3. The predicted octanol–water partition coefficient (Wildman–Crippen LogP) is 14.6. The Morgan fingerprint density at radius 2 is 0.852 bits per heavy atom. The van der Waals surface area contributed by atoms with Crippen molar-refractivity contribution in [2.45, 2.75) is 0 Å². The van der Waals surface area contributed by atoms with Crippen LogP contribution in [-0.2, 0) is 0 Å². The highest BCUT2D eigenvalue weighted by atomic mass is 16.3. The van der Waals surface area contributed by atoms with Gasteiger partial charge in [0.25, 0.3) is 0 Å². The van der Waals surface area contributed by atoms with Crippen molar-refractivity contribution in [2.24, 2.45) is 0 Å². The van der Waals surface area contributed by atoms with Crippen molar-refractivity contribution in [3.05, 3.63) is 194 Å². The zero-order valence-electron chi connectivity index (χ0n) is 32.6. The van der Waals surface area contributed by atoms with Crippen LogP contribution in [0.2, 0.25) is 0 Å². The minimum absolute atomic E-state index is 0.554. The van der Waals surface area contributed by atoms with Crippen molar-refractivity contribution in [2.75, 3.05) is 0 Å². The van der Waals surface area contributed by atoms with Crippen LogP contribution in [0.25, 0.3) is 127 Å². The Morgan fingerprint density at radius 3 is 1.62 bits per heavy atom. The predicted molar refractivity (Wildman–Crippen MR) is 248 cm³/mol. The lowest BCUT2D eigenvalue weighted by Gasteiger charge is -2.15. The third-order valence-corrected chi connectivity index (χ3v) is 12.0. The smallest absolute Gasteiger partial charge is 0.166 e. The maximum absolute atomic E-state index is 6.60. The van der Waals surface area contributed by atoms with Gasteiger partial charge in [-0.1, -0.05) is 133 Å². The quantitative estimate of drug-likeness (QED) is 0.174. The van der Waals surface area contributed by atoms with E-state index in [2.05, 4.69) is 150 Å². The minimum atomic E-state index is 0.554. The van der Waals surface area contributed by atoms with E-state index < -0.39 is 0 Å². The minimum Gasteiger partial charge on any atom is -0.456 e. The number of hydrogen-bond acceptors (Lipinski definition) is 5. The van der Waals surface area contributed by atoms with Crippen LogP contribution in [0.5, 0.6) is 0 Å². The van der Waals surface area contributed by atoms with Gasteiger partial charge < -0.3 is 13.4 Å². The summed E-state index contributed by atoms with van der Waals surface area (Å²) in [5.74, 6) is 1.70. The van der Waals surface area contributed by atoms with Gasteiger partial charge in [0, 0.05) is 55.1 Å². The zero-order valence-corrected chi connectivity index (χ0v) is 32.6. The Balaban J connectivity index is 1.11. The van der Waals surface area contributed by atoms with Crippen molar-refractivity contribution in [3.8, 4) is 51.0 Å². The van der Waals surface area contributed by atoms with Crippen LogP contribution in [0.1, 0.15) is 0 Å². The van der Waals surface area contributed by atoms with Crippen LogP contribution in [0.15, 0.2) is 203 Å². The largest absolute Gasteiger partial charge is 0.456 e. The van der Waals surface area contributed by atoms with Crippen molar-refractivity contribution in [1.29, 1.82) is 0 Å². The summed E-state index contributed by atoms with van der Waals surface area (Å²) < 4.78 is 15.2. The second kappa shape index (κ2) is 13.1. The first-order chi connectivity index (χ1) is 30.2. The standard InChI is InChI=1S/C55H32N4O2/c1-2-12-33(13-3-1)34-22-24-35(25-23-34)53-56-54(38-26-27-51-43(29-38)40-17-7-10-20-49(40)60-51)58-55(57-53)45-31-44-41-18-8-11-21-50(41)61-52(44)32-48(45)59-46-19-9-6-16-39(46)42-28-36-14-4-5-15-37(36)30-47(42)59/h1-32H. The van der Waals surface area contributed by atoms with E-state index in [0.29, 0.717) is 17.5 Å². The first-order valence-corrected chi connectivity index (χ1v) is 20.4. The summed E-state index contributed by atoms with van der Waals surface area (Å²) >= 11 is 0. The molecule has 4 aromatic heterocycles.